The molecule has 1 saturated heterocycles. The van der Waals surface area contributed by atoms with Gasteiger partial charge in [0, 0.05) is 5.39 Å². The molecule has 0 amide bonds. The first-order chi connectivity index (χ1) is 15.4. The molecule has 4 atom stereocenters. The van der Waals surface area contributed by atoms with Gasteiger partial charge in [0.05, 0.1) is 12.1 Å². The van der Waals surface area contributed by atoms with E-state index in [1.165, 1.54) is 0 Å². The molecule has 1 fully saturated rings. The van der Waals surface area contributed by atoms with E-state index in [-0.39, 0.29) is 34.6 Å². The zero-order chi connectivity index (χ0) is 22.6. The Balaban J connectivity index is 1.68. The highest BCUT2D eigenvalue weighted by molar-refractivity contribution is 5.94. The van der Waals surface area contributed by atoms with Gasteiger partial charge in [-0.25, -0.2) is 4.98 Å². The van der Waals surface area contributed by atoms with Crippen molar-refractivity contribution in [2.75, 3.05) is 12.3 Å². The van der Waals surface area contributed by atoms with Crippen LogP contribution in [0.5, 0.6) is 5.88 Å². The molecule has 14 heteroatoms. The summed E-state index contributed by atoms with van der Waals surface area (Å²) >= 11 is 0. The zero-order valence-corrected chi connectivity index (χ0v) is 16.2. The maximum atomic E-state index is 12.3. The summed E-state index contributed by atoms with van der Waals surface area (Å²) in [5, 5.41) is 49.0. The highest BCUT2D eigenvalue weighted by Gasteiger charge is 2.45. The highest BCUT2D eigenvalue weighted by Crippen LogP contribution is 2.38. The first-order valence-electron chi connectivity index (χ1n) is 9.50. The van der Waals surface area contributed by atoms with Gasteiger partial charge in [0.1, 0.15) is 18.3 Å². The number of nitrogens with zero attached hydrogens (tertiary/aromatic N) is 5. The molecule has 0 saturated carbocycles. The molecule has 166 valence electrons. The van der Waals surface area contributed by atoms with E-state index in [9.17, 15) is 25.2 Å². The maximum absolute atomic E-state index is 12.3. The number of rotatable bonds is 4. The number of aromatic hydroxyl groups is 1. The van der Waals surface area contributed by atoms with Gasteiger partial charge in [-0.2, -0.15) is 4.98 Å². The number of H-pyrrole nitrogens is 2. The molecule has 4 aromatic rings. The molecular weight excluding hydrogens is 424 g/mol. The molecule has 0 radical (unpaired) electrons. The third-order valence-corrected chi connectivity index (χ3v) is 5.22. The third kappa shape index (κ3) is 3.01. The second-order valence-corrected chi connectivity index (χ2v) is 7.20. The van der Waals surface area contributed by atoms with Crippen LogP contribution in [0.25, 0.3) is 22.1 Å². The molecule has 3 aromatic heterocycles. The number of nitrogens with one attached hydrogen (secondary N) is 2. The standard InChI is InChI=1S/C18H18N8O6/c19-17-22-13-10(15(31)23-17)21-18(26(13)16-12(29)11(28)8(5-27)32-16)25-24-9-6-3-1-2-4-7(6)20-14(9)30/h1-4,8,11-12,16,20,27-30H,5H2,(H3,19,22,23,31)/t8-,11+,12-,16-/m1/s1. The summed E-state index contributed by atoms with van der Waals surface area (Å²) in [4.78, 5) is 25.6. The van der Waals surface area contributed by atoms with Crippen LogP contribution in [0.3, 0.4) is 0 Å². The summed E-state index contributed by atoms with van der Waals surface area (Å²) < 4.78 is 6.71. The van der Waals surface area contributed by atoms with Gasteiger partial charge < -0.3 is 35.9 Å². The largest absolute Gasteiger partial charge is 0.493 e. The number of hydrogen-bond donors (Lipinski definition) is 7. The molecule has 32 heavy (non-hydrogen) atoms. The number of anilines is 1. The van der Waals surface area contributed by atoms with Crippen molar-refractivity contribution in [2.45, 2.75) is 24.5 Å². The minimum absolute atomic E-state index is 0.0711. The Hall–Kier alpha value is -3.85. The van der Waals surface area contributed by atoms with Crippen LogP contribution in [-0.2, 0) is 4.74 Å². The summed E-state index contributed by atoms with van der Waals surface area (Å²) in [6.45, 7) is -0.558. The van der Waals surface area contributed by atoms with Crippen molar-refractivity contribution in [2.24, 2.45) is 10.2 Å². The Morgan fingerprint density at radius 3 is 2.69 bits per heavy atom. The number of aliphatic hydroxyl groups excluding tert-OH is 3. The number of ether oxygens (including phenoxy) is 1. The van der Waals surface area contributed by atoms with Crippen molar-refractivity contribution in [1.29, 1.82) is 0 Å². The van der Waals surface area contributed by atoms with E-state index >= 15 is 0 Å². The molecular formula is C18H18N8O6. The Morgan fingerprint density at radius 1 is 1.16 bits per heavy atom. The summed E-state index contributed by atoms with van der Waals surface area (Å²) in [5.41, 5.74) is 5.52. The fourth-order valence-electron chi connectivity index (χ4n) is 3.70. The van der Waals surface area contributed by atoms with Gasteiger partial charge in [-0.15, -0.1) is 10.2 Å². The number of aliphatic hydroxyl groups is 3. The monoisotopic (exact) mass is 442 g/mol. The van der Waals surface area contributed by atoms with Crippen LogP contribution in [0.1, 0.15) is 6.23 Å². The second kappa shape index (κ2) is 7.38. The molecule has 5 rings (SSSR count). The summed E-state index contributed by atoms with van der Waals surface area (Å²) in [6.07, 6.45) is -5.30. The summed E-state index contributed by atoms with van der Waals surface area (Å²) in [7, 11) is 0. The number of fused-ring (bicyclic) bond motifs is 2. The van der Waals surface area contributed by atoms with Gasteiger partial charge in [-0.3, -0.25) is 14.3 Å². The van der Waals surface area contributed by atoms with Gasteiger partial charge in [0.2, 0.25) is 11.8 Å². The van der Waals surface area contributed by atoms with Gasteiger partial charge in [-0.05, 0) is 6.07 Å². The maximum Gasteiger partial charge on any atom is 0.280 e. The molecule has 1 aliphatic rings. The molecule has 8 N–H and O–H groups in total. The average molecular weight is 442 g/mol. The van der Waals surface area contributed by atoms with Crippen molar-refractivity contribution in [3.63, 3.8) is 0 Å². The molecule has 4 heterocycles. The number of azo groups is 1. The molecule has 1 aliphatic heterocycles. The molecule has 0 bridgehead atoms. The third-order valence-electron chi connectivity index (χ3n) is 5.22. The number of imidazole rings is 1. The highest BCUT2D eigenvalue weighted by atomic mass is 16.6. The minimum Gasteiger partial charge on any atom is -0.493 e. The van der Waals surface area contributed by atoms with Crippen LogP contribution in [0.4, 0.5) is 17.6 Å². The summed E-state index contributed by atoms with van der Waals surface area (Å²) in [6, 6.07) is 7.01. The van der Waals surface area contributed by atoms with E-state index in [4.69, 9.17) is 10.5 Å². The van der Waals surface area contributed by atoms with Crippen molar-refractivity contribution >= 4 is 39.7 Å². The Morgan fingerprint density at radius 2 is 1.94 bits per heavy atom. The van der Waals surface area contributed by atoms with Crippen molar-refractivity contribution in [3.05, 3.63) is 34.6 Å². The lowest BCUT2D eigenvalue weighted by Crippen LogP contribution is -2.33. The zero-order valence-electron chi connectivity index (χ0n) is 16.2. The van der Waals surface area contributed by atoms with E-state index in [2.05, 4.69) is 30.2 Å². The van der Waals surface area contributed by atoms with Crippen LogP contribution < -0.4 is 11.3 Å². The van der Waals surface area contributed by atoms with Crippen LogP contribution in [0.15, 0.2) is 39.3 Å². The van der Waals surface area contributed by atoms with Crippen molar-refractivity contribution < 1.29 is 25.2 Å². The number of nitrogen functional groups attached to an aromatic ring is 1. The van der Waals surface area contributed by atoms with E-state index in [1.807, 2.05) is 0 Å². The average Bonchev–Trinajstić information content (AvgIpc) is 3.38. The predicted molar refractivity (Wildman–Crippen MR) is 110 cm³/mol. The first kappa shape index (κ1) is 20.1. The number of para-hydroxylation sites is 1. The molecule has 0 unspecified atom stereocenters. The SMILES string of the molecule is Nc1nc2c(nc(N=Nc3c(O)[nH]c4ccccc34)n2[C@@H]2O[C@H](CO)[C@H](O)[C@H]2O)c(=O)[nH]1. The Bertz CT molecular complexity index is 1410. The second-order valence-electron chi connectivity index (χ2n) is 7.20. The predicted octanol–water partition coefficient (Wildman–Crippen LogP) is -0.0844. The van der Waals surface area contributed by atoms with Crippen molar-refractivity contribution in [1.82, 2.24) is 24.5 Å². The lowest BCUT2D eigenvalue weighted by molar-refractivity contribution is -0.0503. The number of aromatic nitrogens is 5. The normalized spacial score (nSPS) is 23.7. The number of benzene rings is 1. The van der Waals surface area contributed by atoms with Gasteiger partial charge in [0.15, 0.2) is 23.1 Å². The van der Waals surface area contributed by atoms with E-state index in [1.54, 1.807) is 24.3 Å². The molecule has 1 aromatic carbocycles. The van der Waals surface area contributed by atoms with E-state index < -0.39 is 36.7 Å². The lowest BCUT2D eigenvalue weighted by atomic mass is 10.1. The van der Waals surface area contributed by atoms with Crippen LogP contribution in [-0.4, -0.2) is 69.8 Å². The quantitative estimate of drug-likeness (QED) is 0.210. The summed E-state index contributed by atoms with van der Waals surface area (Å²) in [5.74, 6) is -0.651. The van der Waals surface area contributed by atoms with Crippen LogP contribution in [0, 0.1) is 0 Å². The topological polar surface area (TPSA) is 220 Å². The van der Waals surface area contributed by atoms with E-state index in [0.29, 0.717) is 10.9 Å². The van der Waals surface area contributed by atoms with Crippen LogP contribution >= 0.6 is 0 Å². The molecule has 0 aliphatic carbocycles. The number of nitrogens with two attached hydrogens (primary N) is 1. The molecule has 0 spiro atoms. The Labute approximate surface area is 177 Å². The van der Waals surface area contributed by atoms with Gasteiger partial charge >= 0.3 is 0 Å². The number of hydrogen-bond acceptors (Lipinski definition) is 11. The molecule has 14 nitrogen and oxygen atoms in total. The van der Waals surface area contributed by atoms with Gasteiger partial charge in [-0.1, -0.05) is 18.2 Å². The van der Waals surface area contributed by atoms with Crippen LogP contribution in [0.2, 0.25) is 0 Å². The van der Waals surface area contributed by atoms with Crippen molar-refractivity contribution in [3.8, 4) is 5.88 Å². The fraction of sp³-hybridized carbons (Fsp3) is 0.278. The van der Waals surface area contributed by atoms with Gasteiger partial charge in [0.25, 0.3) is 11.5 Å². The Kier molecular flexibility index (Phi) is 4.63. The smallest absolute Gasteiger partial charge is 0.280 e. The first-order valence-corrected chi connectivity index (χ1v) is 9.50. The number of aromatic amines is 2. The lowest BCUT2D eigenvalue weighted by Gasteiger charge is -2.17. The fourth-order valence-corrected chi connectivity index (χ4v) is 3.70. The minimum atomic E-state index is -1.50. The van der Waals surface area contributed by atoms with E-state index in [0.717, 1.165) is 4.57 Å².